The van der Waals surface area contributed by atoms with Crippen LogP contribution in [0.2, 0.25) is 5.02 Å². The van der Waals surface area contributed by atoms with Gasteiger partial charge in [0, 0.05) is 28.3 Å². The molecule has 0 saturated carbocycles. The highest BCUT2D eigenvalue weighted by atomic mass is 35.5. The summed E-state index contributed by atoms with van der Waals surface area (Å²) in [4.78, 5) is 13.0. The SMILES string of the molecule is CC1(C)CC(=O)C2=C(C1)Nc1ccc(Cl)cc1NC2c1ccccc1F. The summed E-state index contributed by atoms with van der Waals surface area (Å²) in [6.45, 7) is 4.16. The van der Waals surface area contributed by atoms with Gasteiger partial charge in [-0.05, 0) is 36.1 Å². The predicted molar refractivity (Wildman–Crippen MR) is 103 cm³/mol. The minimum Gasteiger partial charge on any atom is -0.372 e. The summed E-state index contributed by atoms with van der Waals surface area (Å²) in [6, 6.07) is 11.5. The molecule has 0 saturated heterocycles. The lowest BCUT2D eigenvalue weighted by atomic mass is 9.73. The molecule has 0 amide bonds. The second-order valence-corrected chi connectivity index (χ2v) is 8.18. The molecule has 0 aromatic heterocycles. The van der Waals surface area contributed by atoms with E-state index in [4.69, 9.17) is 11.6 Å². The molecule has 5 heteroatoms. The van der Waals surface area contributed by atoms with Gasteiger partial charge in [0.1, 0.15) is 5.82 Å². The van der Waals surface area contributed by atoms with Gasteiger partial charge >= 0.3 is 0 Å². The van der Waals surface area contributed by atoms with Crippen molar-refractivity contribution in [1.29, 1.82) is 0 Å². The first kappa shape index (κ1) is 17.1. The number of hydrogen-bond acceptors (Lipinski definition) is 3. The Balaban J connectivity index is 1.92. The van der Waals surface area contributed by atoms with Gasteiger partial charge < -0.3 is 10.6 Å². The van der Waals surface area contributed by atoms with Crippen molar-refractivity contribution in [2.75, 3.05) is 10.6 Å². The second kappa shape index (κ2) is 6.13. The fraction of sp³-hybridized carbons (Fsp3) is 0.286. The molecule has 1 unspecified atom stereocenters. The van der Waals surface area contributed by atoms with Crippen LogP contribution < -0.4 is 10.6 Å². The second-order valence-electron chi connectivity index (χ2n) is 7.75. The van der Waals surface area contributed by atoms with E-state index in [9.17, 15) is 9.18 Å². The van der Waals surface area contributed by atoms with Crippen molar-refractivity contribution in [3.8, 4) is 0 Å². The summed E-state index contributed by atoms with van der Waals surface area (Å²) >= 11 is 6.16. The average molecular weight is 371 g/mol. The maximum absolute atomic E-state index is 14.6. The molecule has 2 aromatic carbocycles. The lowest BCUT2D eigenvalue weighted by molar-refractivity contribution is -0.118. The molecular weight excluding hydrogens is 351 g/mol. The van der Waals surface area contributed by atoms with Gasteiger partial charge in [-0.25, -0.2) is 4.39 Å². The molecule has 4 rings (SSSR count). The van der Waals surface area contributed by atoms with Crippen LogP contribution in [0.1, 0.15) is 38.3 Å². The lowest BCUT2D eigenvalue weighted by Gasteiger charge is -2.34. The van der Waals surface area contributed by atoms with E-state index in [1.54, 1.807) is 30.3 Å². The molecule has 1 heterocycles. The largest absolute Gasteiger partial charge is 0.372 e. The molecule has 2 N–H and O–H groups in total. The predicted octanol–water partition coefficient (Wildman–Crippen LogP) is 5.70. The van der Waals surface area contributed by atoms with Crippen molar-refractivity contribution in [2.45, 2.75) is 32.7 Å². The molecule has 0 spiro atoms. The Labute approximate surface area is 157 Å². The van der Waals surface area contributed by atoms with Crippen LogP contribution in [0.25, 0.3) is 0 Å². The number of halogens is 2. The summed E-state index contributed by atoms with van der Waals surface area (Å²) in [6.07, 6.45) is 1.17. The number of hydrogen-bond donors (Lipinski definition) is 2. The zero-order chi connectivity index (χ0) is 18.5. The van der Waals surface area contributed by atoms with Gasteiger partial charge in [-0.2, -0.15) is 0 Å². The van der Waals surface area contributed by atoms with Crippen molar-refractivity contribution >= 4 is 28.8 Å². The Bertz CT molecular complexity index is 935. The highest BCUT2D eigenvalue weighted by Crippen LogP contribution is 2.46. The summed E-state index contributed by atoms with van der Waals surface area (Å²) in [5.41, 5.74) is 3.38. The number of benzene rings is 2. The number of Topliss-reactive ketones (excluding diaryl/α,β-unsaturated/α-hetero) is 1. The smallest absolute Gasteiger partial charge is 0.163 e. The first-order valence-corrected chi connectivity index (χ1v) is 9.06. The fourth-order valence-electron chi connectivity index (χ4n) is 3.86. The molecule has 1 aliphatic heterocycles. The van der Waals surface area contributed by atoms with Gasteiger partial charge in [0.15, 0.2) is 5.78 Å². The Morgan fingerprint density at radius 3 is 2.65 bits per heavy atom. The van der Waals surface area contributed by atoms with E-state index in [1.165, 1.54) is 6.07 Å². The normalized spacial score (nSPS) is 21.2. The highest BCUT2D eigenvalue weighted by Gasteiger charge is 2.39. The lowest BCUT2D eigenvalue weighted by Crippen LogP contribution is -2.31. The Morgan fingerprint density at radius 2 is 1.88 bits per heavy atom. The van der Waals surface area contributed by atoms with E-state index < -0.39 is 6.04 Å². The van der Waals surface area contributed by atoms with Crippen LogP contribution in [0.5, 0.6) is 0 Å². The zero-order valence-corrected chi connectivity index (χ0v) is 15.5. The number of carbonyl (C=O) groups is 1. The van der Waals surface area contributed by atoms with Crippen molar-refractivity contribution in [3.63, 3.8) is 0 Å². The molecule has 0 fully saturated rings. The van der Waals surface area contributed by atoms with Crippen molar-refractivity contribution < 1.29 is 9.18 Å². The van der Waals surface area contributed by atoms with Gasteiger partial charge in [-0.15, -0.1) is 0 Å². The Kier molecular flexibility index (Phi) is 4.03. The Hall–Kier alpha value is -2.33. The first-order chi connectivity index (χ1) is 12.3. The Morgan fingerprint density at radius 1 is 1.12 bits per heavy atom. The van der Waals surface area contributed by atoms with Crippen LogP contribution in [0.15, 0.2) is 53.7 Å². The maximum Gasteiger partial charge on any atom is 0.163 e. The van der Waals surface area contributed by atoms with Gasteiger partial charge in [0.25, 0.3) is 0 Å². The van der Waals surface area contributed by atoms with Crippen LogP contribution in [0.4, 0.5) is 15.8 Å². The van der Waals surface area contributed by atoms with E-state index in [0.29, 0.717) is 22.6 Å². The van der Waals surface area contributed by atoms with E-state index >= 15 is 0 Å². The molecule has 3 nitrogen and oxygen atoms in total. The summed E-state index contributed by atoms with van der Waals surface area (Å²) < 4.78 is 14.6. The molecular formula is C21H20ClFN2O. The number of nitrogens with one attached hydrogen (secondary N) is 2. The minimum absolute atomic E-state index is 0.0448. The number of anilines is 2. The number of ketones is 1. The highest BCUT2D eigenvalue weighted by molar-refractivity contribution is 6.31. The van der Waals surface area contributed by atoms with Crippen molar-refractivity contribution in [2.24, 2.45) is 5.41 Å². The van der Waals surface area contributed by atoms with Crippen molar-refractivity contribution in [1.82, 2.24) is 0 Å². The molecule has 1 aliphatic carbocycles. The first-order valence-electron chi connectivity index (χ1n) is 8.68. The maximum atomic E-state index is 14.6. The zero-order valence-electron chi connectivity index (χ0n) is 14.7. The number of fused-ring (bicyclic) bond motifs is 1. The molecule has 0 radical (unpaired) electrons. The van der Waals surface area contributed by atoms with Gasteiger partial charge in [0.2, 0.25) is 0 Å². The van der Waals surface area contributed by atoms with Crippen LogP contribution in [-0.2, 0) is 4.79 Å². The third-order valence-corrected chi connectivity index (χ3v) is 5.23. The summed E-state index contributed by atoms with van der Waals surface area (Å²) in [7, 11) is 0. The van der Waals surface area contributed by atoms with E-state index in [-0.39, 0.29) is 17.0 Å². The number of allylic oxidation sites excluding steroid dienone is 1. The van der Waals surface area contributed by atoms with Crippen LogP contribution in [-0.4, -0.2) is 5.78 Å². The average Bonchev–Trinajstić information content (AvgIpc) is 2.70. The fourth-order valence-corrected chi connectivity index (χ4v) is 4.03. The number of carbonyl (C=O) groups excluding carboxylic acids is 1. The molecule has 26 heavy (non-hydrogen) atoms. The standard InChI is InChI=1S/C21H20ClFN2O/c1-21(2)10-17-19(18(26)11-21)20(13-5-3-4-6-14(13)23)25-16-9-12(22)7-8-15(16)24-17/h3-9,20,24-25H,10-11H2,1-2H3. The van der Waals surface area contributed by atoms with Crippen LogP contribution >= 0.6 is 11.6 Å². The molecule has 134 valence electrons. The minimum atomic E-state index is -0.554. The van der Waals surface area contributed by atoms with Crippen molar-refractivity contribution in [3.05, 3.63) is 70.1 Å². The monoisotopic (exact) mass is 370 g/mol. The molecule has 0 bridgehead atoms. The van der Waals surface area contributed by atoms with Gasteiger partial charge in [-0.3, -0.25) is 4.79 Å². The molecule has 2 aromatic rings. The molecule has 2 aliphatic rings. The van der Waals surface area contributed by atoms with Gasteiger partial charge in [-0.1, -0.05) is 43.6 Å². The molecule has 1 atom stereocenters. The van der Waals surface area contributed by atoms with Gasteiger partial charge in [0.05, 0.1) is 17.4 Å². The summed E-state index contributed by atoms with van der Waals surface area (Å²) in [5.74, 6) is -0.289. The third kappa shape index (κ3) is 2.99. The summed E-state index contributed by atoms with van der Waals surface area (Å²) in [5, 5.41) is 7.34. The van der Waals surface area contributed by atoms with Crippen LogP contribution in [0.3, 0.4) is 0 Å². The quantitative estimate of drug-likeness (QED) is 0.676. The van der Waals surface area contributed by atoms with E-state index in [0.717, 1.165) is 23.5 Å². The van der Waals surface area contributed by atoms with E-state index in [2.05, 4.69) is 24.5 Å². The van der Waals surface area contributed by atoms with Crippen LogP contribution in [0, 0.1) is 11.2 Å². The third-order valence-electron chi connectivity index (χ3n) is 4.99. The number of rotatable bonds is 1. The topological polar surface area (TPSA) is 41.1 Å². The van der Waals surface area contributed by atoms with E-state index in [1.807, 2.05) is 6.07 Å².